The molecule has 0 bridgehead atoms. The van der Waals surface area contributed by atoms with Gasteiger partial charge < -0.3 is 9.67 Å². The fraction of sp³-hybridized carbons (Fsp3) is 0.120. The normalized spacial score (nSPS) is 11.0. The SMILES string of the molecule is Cc1ccccc1-c1ccc2c(=O)n(Cc3ccccc3)c(C)c(C(=O)O)c2c1. The van der Waals surface area contributed by atoms with E-state index in [0.717, 1.165) is 22.3 Å². The second kappa shape index (κ2) is 7.40. The van der Waals surface area contributed by atoms with E-state index in [0.29, 0.717) is 23.0 Å². The molecule has 4 rings (SSSR count). The van der Waals surface area contributed by atoms with E-state index in [1.807, 2.05) is 73.7 Å². The second-order valence-electron chi connectivity index (χ2n) is 7.22. The van der Waals surface area contributed by atoms with Crippen LogP contribution in [0.5, 0.6) is 0 Å². The first-order valence-corrected chi connectivity index (χ1v) is 9.47. The number of carboxylic acids is 1. The summed E-state index contributed by atoms with van der Waals surface area (Å²) in [5, 5.41) is 10.8. The van der Waals surface area contributed by atoms with Gasteiger partial charge in [-0.1, -0.05) is 60.7 Å². The van der Waals surface area contributed by atoms with Gasteiger partial charge >= 0.3 is 5.97 Å². The van der Waals surface area contributed by atoms with Crippen LogP contribution in [0.25, 0.3) is 21.9 Å². The van der Waals surface area contributed by atoms with Crippen molar-refractivity contribution < 1.29 is 9.90 Å². The molecule has 1 heterocycles. The Labute approximate surface area is 168 Å². The molecule has 0 radical (unpaired) electrons. The summed E-state index contributed by atoms with van der Waals surface area (Å²) < 4.78 is 1.55. The van der Waals surface area contributed by atoms with Crippen LogP contribution in [-0.2, 0) is 6.54 Å². The highest BCUT2D eigenvalue weighted by atomic mass is 16.4. The van der Waals surface area contributed by atoms with E-state index >= 15 is 0 Å². The molecule has 29 heavy (non-hydrogen) atoms. The molecule has 0 saturated heterocycles. The van der Waals surface area contributed by atoms with E-state index in [4.69, 9.17) is 0 Å². The van der Waals surface area contributed by atoms with Gasteiger partial charge in [0.05, 0.1) is 12.1 Å². The Kier molecular flexibility index (Phi) is 4.77. The quantitative estimate of drug-likeness (QED) is 0.538. The third-order valence-corrected chi connectivity index (χ3v) is 5.38. The highest BCUT2D eigenvalue weighted by Gasteiger charge is 2.19. The molecular formula is C25H21NO3. The summed E-state index contributed by atoms with van der Waals surface area (Å²) >= 11 is 0. The van der Waals surface area contributed by atoms with Gasteiger partial charge in [0.15, 0.2) is 0 Å². The summed E-state index contributed by atoms with van der Waals surface area (Å²) in [7, 11) is 0. The smallest absolute Gasteiger partial charge is 0.338 e. The molecule has 0 amide bonds. The molecule has 3 aromatic carbocycles. The van der Waals surface area contributed by atoms with Crippen molar-refractivity contribution in [3.05, 3.63) is 106 Å². The number of benzene rings is 3. The molecule has 1 aromatic heterocycles. The van der Waals surface area contributed by atoms with Gasteiger partial charge in [0.1, 0.15) is 0 Å². The summed E-state index contributed by atoms with van der Waals surface area (Å²) in [4.78, 5) is 25.4. The minimum absolute atomic E-state index is 0.172. The topological polar surface area (TPSA) is 59.3 Å². The van der Waals surface area contributed by atoms with Gasteiger partial charge in [0, 0.05) is 16.5 Å². The zero-order valence-corrected chi connectivity index (χ0v) is 16.3. The van der Waals surface area contributed by atoms with Crippen molar-refractivity contribution in [3.8, 4) is 11.1 Å². The Balaban J connectivity index is 1.98. The maximum absolute atomic E-state index is 13.2. The van der Waals surface area contributed by atoms with Crippen molar-refractivity contribution in [1.29, 1.82) is 0 Å². The molecule has 0 aliphatic rings. The molecule has 0 aliphatic heterocycles. The van der Waals surface area contributed by atoms with Crippen molar-refractivity contribution >= 4 is 16.7 Å². The molecule has 0 unspecified atom stereocenters. The Bertz CT molecular complexity index is 1290. The zero-order chi connectivity index (χ0) is 20.5. The third-order valence-electron chi connectivity index (χ3n) is 5.38. The number of fused-ring (bicyclic) bond motifs is 1. The number of carboxylic acid groups (broad SMARTS) is 1. The molecule has 4 heteroatoms. The molecule has 0 fully saturated rings. The van der Waals surface area contributed by atoms with E-state index in [-0.39, 0.29) is 11.1 Å². The minimum atomic E-state index is -1.03. The van der Waals surface area contributed by atoms with Crippen LogP contribution >= 0.6 is 0 Å². The summed E-state index contributed by atoms with van der Waals surface area (Å²) in [5.74, 6) is -1.03. The molecule has 4 nitrogen and oxygen atoms in total. The lowest BCUT2D eigenvalue weighted by molar-refractivity contribution is 0.0697. The van der Waals surface area contributed by atoms with Crippen LogP contribution in [-0.4, -0.2) is 15.6 Å². The van der Waals surface area contributed by atoms with Crippen molar-refractivity contribution in [2.75, 3.05) is 0 Å². The van der Waals surface area contributed by atoms with E-state index in [1.54, 1.807) is 17.6 Å². The average Bonchev–Trinajstić information content (AvgIpc) is 2.72. The lowest BCUT2D eigenvalue weighted by atomic mass is 9.95. The highest BCUT2D eigenvalue weighted by Crippen LogP contribution is 2.29. The zero-order valence-electron chi connectivity index (χ0n) is 16.3. The molecule has 1 N–H and O–H groups in total. The Hall–Kier alpha value is -3.66. The van der Waals surface area contributed by atoms with E-state index in [1.165, 1.54) is 0 Å². The molecule has 4 aromatic rings. The van der Waals surface area contributed by atoms with Crippen LogP contribution in [0.3, 0.4) is 0 Å². The van der Waals surface area contributed by atoms with Crippen LogP contribution in [0.1, 0.15) is 27.2 Å². The van der Waals surface area contributed by atoms with Gasteiger partial charge in [-0.3, -0.25) is 4.79 Å². The number of aryl methyl sites for hydroxylation is 1. The maximum atomic E-state index is 13.2. The lowest BCUT2D eigenvalue weighted by Gasteiger charge is -2.16. The summed E-state index contributed by atoms with van der Waals surface area (Å²) in [6.07, 6.45) is 0. The van der Waals surface area contributed by atoms with E-state index in [9.17, 15) is 14.7 Å². The van der Waals surface area contributed by atoms with Crippen molar-refractivity contribution in [3.63, 3.8) is 0 Å². The summed E-state index contributed by atoms with van der Waals surface area (Å²) in [6.45, 7) is 4.05. The molecule has 0 spiro atoms. The number of pyridine rings is 1. The Morgan fingerprint density at radius 1 is 0.897 bits per heavy atom. The molecular weight excluding hydrogens is 362 g/mol. The lowest BCUT2D eigenvalue weighted by Crippen LogP contribution is -2.26. The first kappa shape index (κ1) is 18.7. The molecule has 0 aliphatic carbocycles. The fourth-order valence-electron chi connectivity index (χ4n) is 3.86. The van der Waals surface area contributed by atoms with Gasteiger partial charge in [-0.2, -0.15) is 0 Å². The predicted octanol–water partition coefficient (Wildman–Crippen LogP) is 5.03. The van der Waals surface area contributed by atoms with Crippen molar-refractivity contribution in [2.45, 2.75) is 20.4 Å². The summed E-state index contributed by atoms with van der Waals surface area (Å²) in [6, 6.07) is 23.0. The summed E-state index contributed by atoms with van der Waals surface area (Å²) in [5.41, 5.74) is 4.42. The minimum Gasteiger partial charge on any atom is -0.478 e. The maximum Gasteiger partial charge on any atom is 0.338 e. The number of rotatable bonds is 4. The standard InChI is InChI=1S/C25H21NO3/c1-16-8-6-7-11-20(16)19-12-13-21-22(14-19)23(25(28)29)17(2)26(24(21)27)15-18-9-4-3-5-10-18/h3-14H,15H2,1-2H3,(H,28,29). The van der Waals surface area contributed by atoms with Crippen LogP contribution in [0, 0.1) is 13.8 Å². The molecule has 0 saturated carbocycles. The third kappa shape index (κ3) is 3.34. The monoisotopic (exact) mass is 383 g/mol. The first-order valence-electron chi connectivity index (χ1n) is 9.47. The fourth-order valence-corrected chi connectivity index (χ4v) is 3.86. The van der Waals surface area contributed by atoms with Gasteiger partial charge in [-0.25, -0.2) is 4.79 Å². The second-order valence-corrected chi connectivity index (χ2v) is 7.22. The van der Waals surface area contributed by atoms with Crippen LogP contribution in [0.15, 0.2) is 77.6 Å². The molecule has 0 atom stereocenters. The number of hydrogen-bond donors (Lipinski definition) is 1. The van der Waals surface area contributed by atoms with Crippen molar-refractivity contribution in [1.82, 2.24) is 4.57 Å². The van der Waals surface area contributed by atoms with Gasteiger partial charge in [0.2, 0.25) is 0 Å². The Morgan fingerprint density at radius 3 is 2.28 bits per heavy atom. The van der Waals surface area contributed by atoms with Crippen molar-refractivity contribution in [2.24, 2.45) is 0 Å². The number of aromatic carboxylic acids is 1. The van der Waals surface area contributed by atoms with Gasteiger partial charge in [0.25, 0.3) is 5.56 Å². The van der Waals surface area contributed by atoms with E-state index in [2.05, 4.69) is 0 Å². The number of nitrogens with zero attached hydrogens (tertiary/aromatic N) is 1. The number of hydrogen-bond acceptors (Lipinski definition) is 2. The van der Waals surface area contributed by atoms with Crippen LogP contribution in [0.2, 0.25) is 0 Å². The van der Waals surface area contributed by atoms with Crippen LogP contribution < -0.4 is 5.56 Å². The molecule has 144 valence electrons. The Morgan fingerprint density at radius 2 is 1.59 bits per heavy atom. The predicted molar refractivity (Wildman–Crippen MR) is 116 cm³/mol. The average molecular weight is 383 g/mol. The number of aromatic nitrogens is 1. The van der Waals surface area contributed by atoms with Crippen LogP contribution in [0.4, 0.5) is 0 Å². The highest BCUT2D eigenvalue weighted by molar-refractivity contribution is 6.05. The van der Waals surface area contributed by atoms with Gasteiger partial charge in [-0.05, 0) is 48.2 Å². The van der Waals surface area contributed by atoms with Gasteiger partial charge in [-0.15, -0.1) is 0 Å². The largest absolute Gasteiger partial charge is 0.478 e. The van der Waals surface area contributed by atoms with E-state index < -0.39 is 5.97 Å². The number of carbonyl (C=O) groups is 1. The first-order chi connectivity index (χ1) is 14.0.